The third-order valence-electron chi connectivity index (χ3n) is 4.41. The van der Waals surface area contributed by atoms with Gasteiger partial charge in [0.15, 0.2) is 6.61 Å². The molecule has 1 N–H and O–H groups in total. The second kappa shape index (κ2) is 10.3. The molecule has 1 aromatic heterocycles. The molecule has 1 aromatic carbocycles. The Hall–Kier alpha value is -2.08. The first-order chi connectivity index (χ1) is 14.4. The van der Waals surface area contributed by atoms with Crippen molar-refractivity contribution in [2.24, 2.45) is 0 Å². The first-order valence-corrected chi connectivity index (χ1v) is 12.6. The summed E-state index contributed by atoms with van der Waals surface area (Å²) in [6, 6.07) is 8.64. The van der Waals surface area contributed by atoms with Gasteiger partial charge < -0.3 is 14.8 Å². The largest absolute Gasteiger partial charge is 0.496 e. The van der Waals surface area contributed by atoms with E-state index in [-0.39, 0.29) is 16.3 Å². The molecular weight excluding hydrogens is 448 g/mol. The summed E-state index contributed by atoms with van der Waals surface area (Å²) in [6.45, 7) is 0.517. The lowest BCUT2D eigenvalue weighted by molar-refractivity contribution is -0.124. The van der Waals surface area contributed by atoms with Crippen molar-refractivity contribution in [3.05, 3.63) is 46.2 Å². The number of nitrogens with zero attached hydrogens (tertiary/aromatic N) is 1. The molecule has 8 nitrogen and oxygen atoms in total. The van der Waals surface area contributed by atoms with E-state index in [9.17, 15) is 18.0 Å². The minimum atomic E-state index is -3.77. The number of benzene rings is 1. The summed E-state index contributed by atoms with van der Waals surface area (Å²) in [6.07, 6.45) is 0. The van der Waals surface area contributed by atoms with Gasteiger partial charge in [0, 0.05) is 36.7 Å². The highest BCUT2D eigenvalue weighted by atomic mass is 32.2. The molecule has 162 valence electrons. The number of thioether (sulfide) groups is 1. The van der Waals surface area contributed by atoms with Crippen molar-refractivity contribution in [2.45, 2.75) is 11.4 Å². The number of carbonyl (C=O) groups excluding carboxylic acids is 2. The highest BCUT2D eigenvalue weighted by Crippen LogP contribution is 2.27. The third-order valence-corrected chi connectivity index (χ3v) is 8.31. The Kier molecular flexibility index (Phi) is 7.75. The average Bonchev–Trinajstić information content (AvgIpc) is 3.28. The number of nitrogens with one attached hydrogen (secondary N) is 1. The summed E-state index contributed by atoms with van der Waals surface area (Å²) >= 11 is 2.67. The first-order valence-electron chi connectivity index (χ1n) is 9.14. The normalized spacial score (nSPS) is 14.8. The van der Waals surface area contributed by atoms with Crippen molar-refractivity contribution >= 4 is 45.0 Å². The van der Waals surface area contributed by atoms with Gasteiger partial charge >= 0.3 is 5.97 Å². The quantitative estimate of drug-likeness (QED) is 0.589. The van der Waals surface area contributed by atoms with Gasteiger partial charge in [-0.25, -0.2) is 13.2 Å². The van der Waals surface area contributed by atoms with Crippen LogP contribution in [0.15, 0.2) is 40.6 Å². The molecule has 0 unspecified atom stereocenters. The molecule has 0 saturated carbocycles. The van der Waals surface area contributed by atoms with Crippen molar-refractivity contribution in [1.29, 1.82) is 0 Å². The van der Waals surface area contributed by atoms with Crippen molar-refractivity contribution in [2.75, 3.05) is 38.3 Å². The van der Waals surface area contributed by atoms with Crippen molar-refractivity contribution in [3.8, 4) is 5.75 Å². The van der Waals surface area contributed by atoms with Crippen LogP contribution in [-0.2, 0) is 26.1 Å². The van der Waals surface area contributed by atoms with Crippen LogP contribution in [0.3, 0.4) is 0 Å². The summed E-state index contributed by atoms with van der Waals surface area (Å²) < 4.78 is 37.4. The van der Waals surface area contributed by atoms with Gasteiger partial charge in [-0.3, -0.25) is 4.79 Å². The SMILES string of the molecule is COc1ccccc1CNC(=O)COC(=O)c1sccc1S(=O)(=O)N1CCSCC1. The van der Waals surface area contributed by atoms with E-state index in [1.807, 2.05) is 18.2 Å². The Balaban J connectivity index is 1.58. The van der Waals surface area contributed by atoms with Crippen LogP contribution in [-0.4, -0.2) is 62.9 Å². The van der Waals surface area contributed by atoms with Crippen molar-refractivity contribution in [1.82, 2.24) is 9.62 Å². The highest BCUT2D eigenvalue weighted by molar-refractivity contribution is 7.99. The molecule has 1 amide bonds. The highest BCUT2D eigenvalue weighted by Gasteiger charge is 2.31. The lowest BCUT2D eigenvalue weighted by atomic mass is 10.2. The van der Waals surface area contributed by atoms with E-state index >= 15 is 0 Å². The van der Waals surface area contributed by atoms with E-state index < -0.39 is 28.5 Å². The zero-order valence-electron chi connectivity index (χ0n) is 16.3. The van der Waals surface area contributed by atoms with Crippen molar-refractivity contribution in [3.63, 3.8) is 0 Å². The van der Waals surface area contributed by atoms with E-state index in [1.54, 1.807) is 17.8 Å². The molecule has 1 aliphatic rings. The van der Waals surface area contributed by atoms with Crippen LogP contribution in [0.1, 0.15) is 15.2 Å². The van der Waals surface area contributed by atoms with Gasteiger partial charge in [-0.1, -0.05) is 18.2 Å². The van der Waals surface area contributed by atoms with Gasteiger partial charge in [-0.2, -0.15) is 16.1 Å². The van der Waals surface area contributed by atoms with E-state index in [2.05, 4.69) is 5.32 Å². The van der Waals surface area contributed by atoms with Gasteiger partial charge in [0.1, 0.15) is 15.5 Å². The molecule has 2 heterocycles. The molecular formula is C19H22N2O6S3. The maximum Gasteiger partial charge on any atom is 0.350 e. The number of para-hydroxylation sites is 1. The zero-order valence-corrected chi connectivity index (χ0v) is 18.8. The van der Waals surface area contributed by atoms with Gasteiger partial charge in [-0.15, -0.1) is 11.3 Å². The molecule has 11 heteroatoms. The Bertz CT molecular complexity index is 999. The monoisotopic (exact) mass is 470 g/mol. The predicted octanol–water partition coefficient (Wildman–Crippen LogP) is 1.97. The first kappa shape index (κ1) is 22.6. The molecule has 0 radical (unpaired) electrons. The van der Waals surface area contributed by atoms with Crippen LogP contribution in [0.4, 0.5) is 0 Å². The summed E-state index contributed by atoms with van der Waals surface area (Å²) in [7, 11) is -2.23. The molecule has 3 rings (SSSR count). The number of methoxy groups -OCH3 is 1. The van der Waals surface area contributed by atoms with Gasteiger partial charge in [-0.05, 0) is 17.5 Å². The number of ether oxygens (including phenoxy) is 2. The van der Waals surface area contributed by atoms with Crippen LogP contribution in [0, 0.1) is 0 Å². The number of hydrogen-bond donors (Lipinski definition) is 1. The Labute approximate surface area is 183 Å². The van der Waals surface area contributed by atoms with Crippen LogP contribution in [0.25, 0.3) is 0 Å². The third kappa shape index (κ3) is 5.34. The Morgan fingerprint density at radius 2 is 1.90 bits per heavy atom. The number of sulfonamides is 1. The predicted molar refractivity (Wildman–Crippen MR) is 116 cm³/mol. The second-order valence-electron chi connectivity index (χ2n) is 6.30. The van der Waals surface area contributed by atoms with Gasteiger partial charge in [0.25, 0.3) is 5.91 Å². The lowest BCUT2D eigenvalue weighted by Gasteiger charge is -2.25. The molecule has 1 saturated heterocycles. The second-order valence-corrected chi connectivity index (χ2v) is 10.3. The summed E-state index contributed by atoms with van der Waals surface area (Å²) in [5, 5.41) is 4.18. The Morgan fingerprint density at radius 1 is 1.17 bits per heavy atom. The van der Waals surface area contributed by atoms with Crippen LogP contribution >= 0.6 is 23.1 Å². The number of esters is 1. The topological polar surface area (TPSA) is 102 Å². The maximum absolute atomic E-state index is 12.9. The fourth-order valence-corrected chi connectivity index (χ4v) is 6.73. The Morgan fingerprint density at radius 3 is 2.63 bits per heavy atom. The van der Waals surface area contributed by atoms with E-state index in [0.717, 1.165) is 28.4 Å². The van der Waals surface area contributed by atoms with Crippen LogP contribution in [0.2, 0.25) is 0 Å². The summed E-state index contributed by atoms with van der Waals surface area (Å²) in [5.74, 6) is 0.746. The van der Waals surface area contributed by atoms with E-state index in [4.69, 9.17) is 9.47 Å². The smallest absolute Gasteiger partial charge is 0.350 e. The van der Waals surface area contributed by atoms with Gasteiger partial charge in [0.05, 0.1) is 7.11 Å². The van der Waals surface area contributed by atoms with Crippen molar-refractivity contribution < 1.29 is 27.5 Å². The number of thiophene rings is 1. The maximum atomic E-state index is 12.9. The standard InChI is InChI=1S/C19H22N2O6S3/c1-26-15-5-3-2-4-14(15)12-20-17(22)13-27-19(23)18-16(6-9-29-18)30(24,25)21-7-10-28-11-8-21/h2-6,9H,7-8,10-13H2,1H3,(H,20,22). The fourth-order valence-electron chi connectivity index (χ4n) is 2.87. The molecule has 0 aliphatic carbocycles. The van der Waals surface area contributed by atoms with Gasteiger partial charge in [0.2, 0.25) is 10.0 Å². The molecule has 30 heavy (non-hydrogen) atoms. The number of hydrogen-bond acceptors (Lipinski definition) is 8. The minimum Gasteiger partial charge on any atom is -0.496 e. The molecule has 1 aliphatic heterocycles. The average molecular weight is 471 g/mol. The zero-order chi connectivity index (χ0) is 21.6. The molecule has 0 spiro atoms. The molecule has 0 bridgehead atoms. The van der Waals surface area contributed by atoms with Crippen LogP contribution < -0.4 is 10.1 Å². The minimum absolute atomic E-state index is 0.0224. The number of carbonyl (C=O) groups is 2. The lowest BCUT2D eigenvalue weighted by Crippen LogP contribution is -2.38. The molecule has 0 atom stereocenters. The van der Waals surface area contributed by atoms with E-state index in [0.29, 0.717) is 18.8 Å². The summed E-state index contributed by atoms with van der Waals surface area (Å²) in [4.78, 5) is 24.4. The molecule has 1 fully saturated rings. The number of rotatable bonds is 8. The van der Waals surface area contributed by atoms with E-state index in [1.165, 1.54) is 22.9 Å². The summed E-state index contributed by atoms with van der Waals surface area (Å²) in [5.41, 5.74) is 0.783. The molecule has 2 aromatic rings. The fraction of sp³-hybridized carbons (Fsp3) is 0.368. The van der Waals surface area contributed by atoms with Crippen LogP contribution in [0.5, 0.6) is 5.75 Å². The number of amides is 1.